The summed E-state index contributed by atoms with van der Waals surface area (Å²) < 4.78 is 34.4. The van der Waals surface area contributed by atoms with Gasteiger partial charge in [-0.1, -0.05) is 38.5 Å². The summed E-state index contributed by atoms with van der Waals surface area (Å²) in [6.07, 6.45) is 4.31. The number of benzene rings is 2. The Balaban J connectivity index is 2.04. The molecule has 1 amide bonds. The highest BCUT2D eigenvalue weighted by Crippen LogP contribution is 2.35. The Morgan fingerprint density at radius 1 is 1.19 bits per heavy atom. The number of rotatable bonds is 9. The van der Waals surface area contributed by atoms with Crippen LogP contribution in [0, 0.1) is 0 Å². The molecule has 1 atom stereocenters. The van der Waals surface area contributed by atoms with Gasteiger partial charge in [0.05, 0.1) is 12.8 Å². The van der Waals surface area contributed by atoms with Crippen molar-refractivity contribution in [3.05, 3.63) is 53.6 Å². The molecular weight excluding hydrogens is 424 g/mol. The van der Waals surface area contributed by atoms with Crippen molar-refractivity contribution in [2.75, 3.05) is 24.5 Å². The second-order valence-corrected chi connectivity index (χ2v) is 10.1. The molecule has 1 aliphatic heterocycles. The molecule has 0 N–H and O–H groups in total. The molecule has 0 spiro atoms. The molecule has 1 heterocycles. The summed E-state index contributed by atoms with van der Waals surface area (Å²) in [4.78, 5) is 15.3. The Kier molecular flexibility index (Phi) is 7.82. The van der Waals surface area contributed by atoms with E-state index in [0.717, 1.165) is 37.7 Å². The van der Waals surface area contributed by atoms with E-state index < -0.39 is 10.0 Å². The molecule has 2 aromatic rings. The number of carbonyl (C=O) groups is 1. The summed E-state index contributed by atoms with van der Waals surface area (Å²) in [5.41, 5.74) is 2.07. The average Bonchev–Trinajstić information content (AvgIpc) is 2.82. The van der Waals surface area contributed by atoms with Gasteiger partial charge in [0.15, 0.2) is 0 Å². The van der Waals surface area contributed by atoms with Crippen molar-refractivity contribution in [3.63, 3.8) is 0 Å². The number of amides is 1. The van der Waals surface area contributed by atoms with E-state index in [1.54, 1.807) is 12.1 Å². The third-order valence-corrected chi connectivity index (χ3v) is 8.02. The van der Waals surface area contributed by atoms with Gasteiger partial charge in [0.25, 0.3) is 15.9 Å². The van der Waals surface area contributed by atoms with Crippen LogP contribution >= 0.6 is 0 Å². The zero-order valence-corrected chi connectivity index (χ0v) is 20.3. The number of hydrogen-bond acceptors (Lipinski definition) is 4. The van der Waals surface area contributed by atoms with Crippen LogP contribution in [-0.4, -0.2) is 45.5 Å². The number of fused-ring (bicyclic) bond motifs is 1. The van der Waals surface area contributed by atoms with E-state index in [9.17, 15) is 13.2 Å². The Hall–Kier alpha value is -2.54. The predicted octanol–water partition coefficient (Wildman–Crippen LogP) is 4.88. The Labute approximate surface area is 192 Å². The van der Waals surface area contributed by atoms with Gasteiger partial charge in [-0.2, -0.15) is 0 Å². The monoisotopic (exact) mass is 458 g/mol. The van der Waals surface area contributed by atoms with Gasteiger partial charge in [0, 0.05) is 24.7 Å². The molecule has 7 heteroatoms. The quantitative estimate of drug-likeness (QED) is 0.537. The minimum Gasteiger partial charge on any atom is -0.495 e. The van der Waals surface area contributed by atoms with Crippen LogP contribution in [0.1, 0.15) is 62.4 Å². The van der Waals surface area contributed by atoms with E-state index in [1.807, 2.05) is 36.1 Å². The molecule has 1 aliphatic rings. The molecule has 32 heavy (non-hydrogen) atoms. The van der Waals surface area contributed by atoms with E-state index in [4.69, 9.17) is 4.74 Å². The fraction of sp³-hybridized carbons (Fsp3) is 0.480. The minimum atomic E-state index is -3.91. The smallest absolute Gasteiger partial charge is 0.268 e. The number of sulfonamides is 1. The van der Waals surface area contributed by atoms with Gasteiger partial charge in [-0.3, -0.25) is 9.10 Å². The van der Waals surface area contributed by atoms with Crippen LogP contribution in [-0.2, 0) is 16.4 Å². The van der Waals surface area contributed by atoms with Gasteiger partial charge in [-0.15, -0.1) is 0 Å². The van der Waals surface area contributed by atoms with Gasteiger partial charge in [-0.25, -0.2) is 8.42 Å². The lowest BCUT2D eigenvalue weighted by Crippen LogP contribution is -2.39. The van der Waals surface area contributed by atoms with Crippen LogP contribution in [0.3, 0.4) is 0 Å². The molecule has 0 saturated heterocycles. The fourth-order valence-corrected chi connectivity index (χ4v) is 5.84. The second-order valence-electron chi connectivity index (χ2n) is 8.28. The van der Waals surface area contributed by atoms with E-state index in [0.29, 0.717) is 24.3 Å². The number of ether oxygens (including phenoxy) is 1. The van der Waals surface area contributed by atoms with Crippen LogP contribution in [0.5, 0.6) is 5.75 Å². The van der Waals surface area contributed by atoms with E-state index in [1.165, 1.54) is 17.5 Å². The first-order valence-corrected chi connectivity index (χ1v) is 12.9. The Bertz CT molecular complexity index is 1050. The van der Waals surface area contributed by atoms with Gasteiger partial charge < -0.3 is 9.64 Å². The van der Waals surface area contributed by atoms with Gasteiger partial charge in [-0.05, 0) is 62.4 Å². The number of unbranched alkanes of at least 4 members (excludes halogenated alkanes) is 1. The number of methoxy groups -OCH3 is 1. The number of hydrogen-bond donors (Lipinski definition) is 0. The van der Waals surface area contributed by atoms with Crippen molar-refractivity contribution in [1.82, 2.24) is 4.90 Å². The SMILES string of the molecule is CCCCN(C(=O)c1ccc(OC)c(S(=O)(=O)N2CCCc3ccccc32)c1)C(C)CC. The first kappa shape index (κ1) is 24.1. The van der Waals surface area contributed by atoms with Gasteiger partial charge in [0.2, 0.25) is 0 Å². The molecule has 0 saturated carbocycles. The Morgan fingerprint density at radius 2 is 1.94 bits per heavy atom. The molecule has 2 aromatic carbocycles. The van der Waals surface area contributed by atoms with E-state index in [-0.39, 0.29) is 22.6 Å². The molecule has 0 aromatic heterocycles. The van der Waals surface area contributed by atoms with Gasteiger partial charge in [0.1, 0.15) is 10.6 Å². The average molecular weight is 459 g/mol. The van der Waals surface area contributed by atoms with Crippen LogP contribution in [0.15, 0.2) is 47.4 Å². The zero-order chi connectivity index (χ0) is 23.3. The van der Waals surface area contributed by atoms with Crippen LogP contribution in [0.25, 0.3) is 0 Å². The van der Waals surface area contributed by atoms with Crippen molar-refractivity contribution in [2.45, 2.75) is 63.8 Å². The largest absolute Gasteiger partial charge is 0.495 e. The molecule has 0 radical (unpaired) electrons. The molecule has 0 bridgehead atoms. The molecule has 3 rings (SSSR count). The lowest BCUT2D eigenvalue weighted by Gasteiger charge is -2.31. The maximum atomic E-state index is 13.8. The fourth-order valence-electron chi connectivity index (χ4n) is 4.12. The highest BCUT2D eigenvalue weighted by Gasteiger charge is 2.32. The number of carbonyl (C=O) groups excluding carboxylic acids is 1. The van der Waals surface area contributed by atoms with Gasteiger partial charge >= 0.3 is 0 Å². The van der Waals surface area contributed by atoms with Crippen LogP contribution in [0.2, 0.25) is 0 Å². The van der Waals surface area contributed by atoms with Crippen LogP contribution < -0.4 is 9.04 Å². The molecule has 0 fully saturated rings. The highest BCUT2D eigenvalue weighted by molar-refractivity contribution is 7.93. The maximum Gasteiger partial charge on any atom is 0.268 e. The highest BCUT2D eigenvalue weighted by atomic mass is 32.2. The number of aryl methyl sites for hydroxylation is 1. The number of para-hydroxylation sites is 1. The first-order valence-electron chi connectivity index (χ1n) is 11.4. The lowest BCUT2D eigenvalue weighted by molar-refractivity contribution is 0.0685. The maximum absolute atomic E-state index is 13.8. The molecule has 6 nitrogen and oxygen atoms in total. The van der Waals surface area contributed by atoms with Crippen LogP contribution in [0.4, 0.5) is 5.69 Å². The normalized spacial score (nSPS) is 14.6. The summed E-state index contributed by atoms with van der Waals surface area (Å²) >= 11 is 0. The van der Waals surface area contributed by atoms with Crippen molar-refractivity contribution >= 4 is 21.6 Å². The summed E-state index contributed by atoms with van der Waals surface area (Å²) in [5, 5.41) is 0. The number of nitrogens with zero attached hydrogens (tertiary/aromatic N) is 2. The molecule has 1 unspecified atom stereocenters. The Morgan fingerprint density at radius 3 is 2.62 bits per heavy atom. The minimum absolute atomic E-state index is 0.0298. The van der Waals surface area contributed by atoms with Crippen molar-refractivity contribution in [1.29, 1.82) is 0 Å². The molecule has 0 aliphatic carbocycles. The van der Waals surface area contributed by atoms with Crippen molar-refractivity contribution in [2.24, 2.45) is 0 Å². The lowest BCUT2D eigenvalue weighted by atomic mass is 10.0. The predicted molar refractivity (Wildman–Crippen MR) is 128 cm³/mol. The summed E-state index contributed by atoms with van der Waals surface area (Å²) in [6, 6.07) is 12.4. The van der Waals surface area contributed by atoms with Crippen molar-refractivity contribution < 1.29 is 17.9 Å². The second kappa shape index (κ2) is 10.4. The van der Waals surface area contributed by atoms with E-state index in [2.05, 4.69) is 13.8 Å². The molecular formula is C25H34N2O4S. The third kappa shape index (κ3) is 4.77. The zero-order valence-electron chi connectivity index (χ0n) is 19.5. The standard InChI is InChI=1S/C25H34N2O4S/c1-5-7-16-26(19(3)6-2)25(28)21-14-15-23(31-4)24(18-21)32(29,30)27-17-10-12-20-11-8-9-13-22(20)27/h8-9,11,13-15,18-19H,5-7,10,12,16-17H2,1-4H3. The van der Waals surface area contributed by atoms with E-state index >= 15 is 0 Å². The molecule has 174 valence electrons. The summed E-state index contributed by atoms with van der Waals surface area (Å²) in [7, 11) is -2.45. The number of anilines is 1. The van der Waals surface area contributed by atoms with Crippen molar-refractivity contribution in [3.8, 4) is 5.75 Å². The first-order chi connectivity index (χ1) is 15.3. The summed E-state index contributed by atoms with van der Waals surface area (Å²) in [6.45, 7) is 7.22. The summed E-state index contributed by atoms with van der Waals surface area (Å²) in [5.74, 6) is 0.0965. The topological polar surface area (TPSA) is 66.9 Å². The third-order valence-electron chi connectivity index (χ3n) is 6.18.